The molecule has 0 saturated heterocycles. The van der Waals surface area contributed by atoms with E-state index < -0.39 is 64.5 Å². The molecule has 15 heteroatoms. The van der Waals surface area contributed by atoms with Crippen LogP contribution in [0.4, 0.5) is 30.7 Å². The van der Waals surface area contributed by atoms with Crippen molar-refractivity contribution in [1.29, 1.82) is 5.26 Å². The highest BCUT2D eigenvalue weighted by molar-refractivity contribution is 5.51. The number of halogens is 7. The predicted molar refractivity (Wildman–Crippen MR) is 108 cm³/mol. The van der Waals surface area contributed by atoms with E-state index in [1.54, 1.807) is 6.07 Å². The van der Waals surface area contributed by atoms with E-state index in [0.717, 1.165) is 19.2 Å². The molecule has 1 aromatic carbocycles. The second kappa shape index (κ2) is 9.44. The van der Waals surface area contributed by atoms with Gasteiger partial charge in [-0.1, -0.05) is 0 Å². The fourth-order valence-electron chi connectivity index (χ4n) is 3.01. The van der Waals surface area contributed by atoms with Crippen molar-refractivity contribution in [2.45, 2.75) is 38.9 Å². The largest absolute Gasteiger partial charge is 0.459 e. The Labute approximate surface area is 196 Å². The molecule has 3 rings (SSSR count). The molecule has 1 N–H and O–H groups in total. The molecule has 190 valence electrons. The lowest BCUT2D eigenvalue weighted by Gasteiger charge is -2.22. The van der Waals surface area contributed by atoms with E-state index in [9.17, 15) is 45.6 Å². The van der Waals surface area contributed by atoms with Crippen molar-refractivity contribution < 1.29 is 35.5 Å². The molecule has 0 spiro atoms. The van der Waals surface area contributed by atoms with Gasteiger partial charge in [-0.3, -0.25) is 14.2 Å². The van der Waals surface area contributed by atoms with Crippen molar-refractivity contribution >= 4 is 0 Å². The highest BCUT2D eigenvalue weighted by atomic mass is 19.4. The van der Waals surface area contributed by atoms with Crippen molar-refractivity contribution in [2.75, 3.05) is 0 Å². The topological polar surface area (TPSA) is 114 Å². The Morgan fingerprint density at radius 1 is 1.14 bits per heavy atom. The SMILES string of the molecule is Cc1ncc(Cn2cnc(C(F)(F)C(F)(F)F)c(Oc3cc(C(F)F)cc(C#N)c3C)c2=O)c(=O)[nH]1. The molecule has 0 unspecified atom stereocenters. The summed E-state index contributed by atoms with van der Waals surface area (Å²) in [5.41, 5.74) is -6.02. The summed E-state index contributed by atoms with van der Waals surface area (Å²) in [7, 11) is 0. The van der Waals surface area contributed by atoms with Crippen LogP contribution in [0.15, 0.2) is 34.2 Å². The van der Waals surface area contributed by atoms with E-state index in [1.807, 2.05) is 0 Å². The maximum absolute atomic E-state index is 14.3. The first-order chi connectivity index (χ1) is 16.7. The zero-order chi connectivity index (χ0) is 27.0. The molecule has 0 fully saturated rings. The molecule has 0 aliphatic heterocycles. The fraction of sp³-hybridized carbons (Fsp3) is 0.286. The summed E-state index contributed by atoms with van der Waals surface area (Å²) in [4.78, 5) is 34.3. The van der Waals surface area contributed by atoms with E-state index in [1.165, 1.54) is 6.92 Å². The number of ether oxygens (including phenoxy) is 1. The molecule has 0 bridgehead atoms. The molecule has 3 aromatic rings. The third-order valence-corrected chi connectivity index (χ3v) is 4.96. The Balaban J connectivity index is 2.25. The van der Waals surface area contributed by atoms with Gasteiger partial charge in [-0.05, 0) is 26.0 Å². The Morgan fingerprint density at radius 2 is 1.81 bits per heavy atom. The number of H-pyrrole nitrogens is 1. The van der Waals surface area contributed by atoms with Crippen LogP contribution in [-0.4, -0.2) is 25.7 Å². The zero-order valence-electron chi connectivity index (χ0n) is 18.3. The molecule has 0 aliphatic carbocycles. The van der Waals surface area contributed by atoms with E-state index in [2.05, 4.69) is 15.0 Å². The second-order valence-electron chi connectivity index (χ2n) is 7.46. The number of hydrogen-bond donors (Lipinski definition) is 1. The molecule has 0 amide bonds. The average molecular weight is 517 g/mol. The first-order valence-electron chi connectivity index (χ1n) is 9.77. The minimum absolute atomic E-state index is 0.173. The molecule has 0 aliphatic rings. The Hall–Kier alpha value is -4.22. The third kappa shape index (κ3) is 4.92. The summed E-state index contributed by atoms with van der Waals surface area (Å²) in [6.45, 7) is 1.95. The van der Waals surface area contributed by atoms with Crippen LogP contribution in [-0.2, 0) is 12.5 Å². The summed E-state index contributed by atoms with van der Waals surface area (Å²) in [6, 6.07) is 2.94. The van der Waals surface area contributed by atoms with E-state index >= 15 is 0 Å². The lowest BCUT2D eigenvalue weighted by atomic mass is 10.0. The van der Waals surface area contributed by atoms with Crippen LogP contribution in [0.3, 0.4) is 0 Å². The Morgan fingerprint density at radius 3 is 2.36 bits per heavy atom. The van der Waals surface area contributed by atoms with Crippen LogP contribution in [0.1, 0.15) is 40.2 Å². The quantitative estimate of drug-likeness (QED) is 0.490. The number of aromatic nitrogens is 4. The third-order valence-electron chi connectivity index (χ3n) is 4.96. The molecular formula is C21H14F7N5O3. The van der Waals surface area contributed by atoms with Gasteiger partial charge >= 0.3 is 12.1 Å². The number of nitrogens with one attached hydrogen (secondary N) is 1. The minimum Gasteiger partial charge on any atom is -0.449 e. The summed E-state index contributed by atoms with van der Waals surface area (Å²) < 4.78 is 100. The zero-order valence-corrected chi connectivity index (χ0v) is 18.3. The van der Waals surface area contributed by atoms with Crippen molar-refractivity contribution in [1.82, 2.24) is 19.5 Å². The second-order valence-corrected chi connectivity index (χ2v) is 7.46. The van der Waals surface area contributed by atoms with Gasteiger partial charge in [0.15, 0.2) is 5.69 Å². The molecule has 0 radical (unpaired) electrons. The number of aromatic amines is 1. The number of nitriles is 1. The number of alkyl halides is 7. The average Bonchev–Trinajstić information content (AvgIpc) is 2.78. The molecule has 2 aromatic heterocycles. The monoisotopic (exact) mass is 517 g/mol. The standard InChI is InChI=1S/C21H14F7N5O3/c1-9-12(5-29)3-11(17(22)23)4-14(9)36-15-16(20(24,25)21(26,27)28)31-8-33(19(15)35)7-13-6-30-10(2)32-18(13)34/h3-4,6,8,17H,7H2,1-2H3,(H,30,32,34). The van der Waals surface area contributed by atoms with E-state index in [4.69, 9.17) is 4.74 Å². The van der Waals surface area contributed by atoms with Gasteiger partial charge in [-0.25, -0.2) is 18.7 Å². The maximum atomic E-state index is 14.3. The maximum Gasteiger partial charge on any atom is 0.459 e. The number of nitrogens with zero attached hydrogens (tertiary/aromatic N) is 4. The summed E-state index contributed by atoms with van der Waals surface area (Å²) in [5, 5.41) is 9.18. The van der Waals surface area contributed by atoms with Gasteiger partial charge in [0.05, 0.1) is 30.1 Å². The van der Waals surface area contributed by atoms with Crippen LogP contribution in [0.5, 0.6) is 11.5 Å². The van der Waals surface area contributed by atoms with Crippen molar-refractivity contribution in [2.24, 2.45) is 0 Å². The van der Waals surface area contributed by atoms with Crippen LogP contribution in [0.25, 0.3) is 0 Å². The molecule has 0 saturated carbocycles. The van der Waals surface area contributed by atoms with E-state index in [-0.39, 0.29) is 17.0 Å². The van der Waals surface area contributed by atoms with Gasteiger partial charge in [0, 0.05) is 17.3 Å². The number of hydrogen-bond acceptors (Lipinski definition) is 6. The molecular weight excluding hydrogens is 503 g/mol. The minimum atomic E-state index is -6.20. The Kier molecular flexibility index (Phi) is 6.92. The fourth-order valence-corrected chi connectivity index (χ4v) is 3.01. The summed E-state index contributed by atoms with van der Waals surface area (Å²) >= 11 is 0. The summed E-state index contributed by atoms with van der Waals surface area (Å²) in [6.07, 6.45) is -7.96. The summed E-state index contributed by atoms with van der Waals surface area (Å²) in [5.74, 6) is -7.85. The normalized spacial score (nSPS) is 12.0. The van der Waals surface area contributed by atoms with Crippen molar-refractivity contribution in [3.8, 4) is 17.6 Å². The lowest BCUT2D eigenvalue weighted by Crippen LogP contribution is -2.37. The smallest absolute Gasteiger partial charge is 0.449 e. The van der Waals surface area contributed by atoms with Gasteiger partial charge in [0.1, 0.15) is 11.6 Å². The number of aryl methyl sites for hydroxylation is 1. The van der Waals surface area contributed by atoms with Gasteiger partial charge < -0.3 is 9.72 Å². The highest BCUT2D eigenvalue weighted by Crippen LogP contribution is 2.46. The van der Waals surface area contributed by atoms with Gasteiger partial charge in [0.2, 0.25) is 5.75 Å². The first-order valence-corrected chi connectivity index (χ1v) is 9.77. The van der Waals surface area contributed by atoms with Crippen molar-refractivity contribution in [3.05, 3.63) is 79.1 Å². The van der Waals surface area contributed by atoms with Crippen LogP contribution >= 0.6 is 0 Å². The van der Waals surface area contributed by atoms with Gasteiger partial charge in [-0.15, -0.1) is 0 Å². The van der Waals surface area contributed by atoms with Gasteiger partial charge in [0.25, 0.3) is 17.5 Å². The molecule has 8 nitrogen and oxygen atoms in total. The Bertz CT molecular complexity index is 1470. The van der Waals surface area contributed by atoms with Crippen LogP contribution < -0.4 is 15.9 Å². The lowest BCUT2D eigenvalue weighted by molar-refractivity contribution is -0.291. The highest BCUT2D eigenvalue weighted by Gasteiger charge is 2.62. The number of rotatable bonds is 6. The number of benzene rings is 1. The predicted octanol–water partition coefficient (Wildman–Crippen LogP) is 4.25. The van der Waals surface area contributed by atoms with Crippen LogP contribution in [0, 0.1) is 25.2 Å². The van der Waals surface area contributed by atoms with Crippen molar-refractivity contribution in [3.63, 3.8) is 0 Å². The van der Waals surface area contributed by atoms with Gasteiger partial charge in [-0.2, -0.15) is 27.2 Å². The molecule has 36 heavy (non-hydrogen) atoms. The molecule has 0 atom stereocenters. The van der Waals surface area contributed by atoms with Crippen LogP contribution in [0.2, 0.25) is 0 Å². The molecule has 2 heterocycles. The van der Waals surface area contributed by atoms with E-state index in [0.29, 0.717) is 17.0 Å². The first kappa shape index (κ1) is 26.4.